The van der Waals surface area contributed by atoms with Crippen molar-refractivity contribution in [3.8, 4) is 22.4 Å². The molecule has 2 aromatic carbocycles. The zero-order valence-electron chi connectivity index (χ0n) is 11.4. The maximum atomic E-state index is 6.03. The van der Waals surface area contributed by atoms with Crippen molar-refractivity contribution in [2.75, 3.05) is 7.05 Å². The number of aliphatic imine (C=N–C) groups is 1. The number of hydrogen-bond acceptors (Lipinski definition) is 3. The first-order valence-corrected chi connectivity index (χ1v) is 6.85. The summed E-state index contributed by atoms with van der Waals surface area (Å²) < 4.78 is 0. The number of H-pyrrole nitrogens is 1. The van der Waals surface area contributed by atoms with Crippen LogP contribution in [-0.2, 0) is 0 Å². The van der Waals surface area contributed by atoms with Gasteiger partial charge in [0.2, 0.25) is 0 Å². The molecule has 0 fully saturated rings. The predicted molar refractivity (Wildman–Crippen MR) is 85.8 cm³/mol. The summed E-state index contributed by atoms with van der Waals surface area (Å²) in [4.78, 5) is 3.98. The molecule has 0 bridgehead atoms. The molecule has 1 aromatic heterocycles. The normalized spacial score (nSPS) is 11.1. The van der Waals surface area contributed by atoms with Crippen LogP contribution < -0.4 is 0 Å². The summed E-state index contributed by atoms with van der Waals surface area (Å²) in [6.07, 6.45) is 1.68. The first kappa shape index (κ1) is 13.5. The van der Waals surface area contributed by atoms with Crippen molar-refractivity contribution < 1.29 is 0 Å². The number of nitrogens with zero attached hydrogens (tertiary/aromatic N) is 3. The molecule has 4 nitrogen and oxygen atoms in total. The van der Waals surface area contributed by atoms with Crippen molar-refractivity contribution in [1.82, 2.24) is 15.4 Å². The van der Waals surface area contributed by atoms with E-state index in [4.69, 9.17) is 11.6 Å². The Labute approximate surface area is 127 Å². The fourth-order valence-electron chi connectivity index (χ4n) is 2.15. The molecule has 0 amide bonds. The molecule has 104 valence electrons. The second kappa shape index (κ2) is 5.89. The SMILES string of the molecule is CN=Cc1n[nH]nc1-c1ccc(-c2cccc(Cl)c2)cc1. The Bertz CT molecular complexity index is 775. The van der Waals surface area contributed by atoms with Crippen LogP contribution in [0.25, 0.3) is 22.4 Å². The minimum Gasteiger partial charge on any atom is -0.294 e. The van der Waals surface area contributed by atoms with Crippen LogP contribution in [0.5, 0.6) is 0 Å². The molecule has 3 rings (SSSR count). The van der Waals surface area contributed by atoms with Gasteiger partial charge in [-0.15, -0.1) is 0 Å². The number of nitrogens with one attached hydrogen (secondary N) is 1. The molecule has 0 radical (unpaired) electrons. The summed E-state index contributed by atoms with van der Waals surface area (Å²) in [6.45, 7) is 0. The Kier molecular flexibility index (Phi) is 3.79. The standard InChI is InChI=1S/C16H13ClN4/c1-18-10-15-16(20-21-19-15)12-7-5-11(6-8-12)13-3-2-4-14(17)9-13/h2-10H,1H3,(H,19,20,21). The molecule has 0 atom stereocenters. The van der Waals surface area contributed by atoms with E-state index in [-0.39, 0.29) is 0 Å². The van der Waals surface area contributed by atoms with Gasteiger partial charge < -0.3 is 0 Å². The maximum Gasteiger partial charge on any atom is 0.131 e. The first-order chi connectivity index (χ1) is 10.3. The summed E-state index contributed by atoms with van der Waals surface area (Å²) in [6, 6.07) is 15.9. The van der Waals surface area contributed by atoms with Crippen molar-refractivity contribution in [3.05, 3.63) is 59.2 Å². The quantitative estimate of drug-likeness (QED) is 0.747. The molecule has 21 heavy (non-hydrogen) atoms. The molecule has 0 unspecified atom stereocenters. The summed E-state index contributed by atoms with van der Waals surface area (Å²) in [5, 5.41) is 11.6. The number of halogens is 1. The molecule has 5 heteroatoms. The van der Waals surface area contributed by atoms with E-state index in [9.17, 15) is 0 Å². The molecular weight excluding hydrogens is 284 g/mol. The van der Waals surface area contributed by atoms with Crippen molar-refractivity contribution in [1.29, 1.82) is 0 Å². The van der Waals surface area contributed by atoms with E-state index in [1.54, 1.807) is 13.3 Å². The second-order valence-electron chi connectivity index (χ2n) is 4.53. The van der Waals surface area contributed by atoms with Gasteiger partial charge in [-0.3, -0.25) is 4.99 Å². The van der Waals surface area contributed by atoms with Gasteiger partial charge in [0.05, 0.1) is 6.21 Å². The highest BCUT2D eigenvalue weighted by Crippen LogP contribution is 2.26. The van der Waals surface area contributed by atoms with Gasteiger partial charge in [-0.1, -0.05) is 48.0 Å². The molecule has 3 aromatic rings. The number of rotatable bonds is 3. The predicted octanol–water partition coefficient (Wildman–Crippen LogP) is 3.84. The summed E-state index contributed by atoms with van der Waals surface area (Å²) in [5.74, 6) is 0. The first-order valence-electron chi connectivity index (χ1n) is 6.47. The molecule has 0 aliphatic rings. The van der Waals surface area contributed by atoms with Crippen LogP contribution in [0.2, 0.25) is 5.02 Å². The Morgan fingerprint density at radius 1 is 1.00 bits per heavy atom. The fourth-order valence-corrected chi connectivity index (χ4v) is 2.34. The van der Waals surface area contributed by atoms with Crippen molar-refractivity contribution in [2.24, 2.45) is 4.99 Å². The molecule has 0 aliphatic carbocycles. The lowest BCUT2D eigenvalue weighted by molar-refractivity contribution is 0.940. The fraction of sp³-hybridized carbons (Fsp3) is 0.0625. The number of benzene rings is 2. The third kappa shape index (κ3) is 2.85. The lowest BCUT2D eigenvalue weighted by Gasteiger charge is -2.04. The molecule has 0 saturated carbocycles. The zero-order valence-corrected chi connectivity index (χ0v) is 12.2. The monoisotopic (exact) mass is 296 g/mol. The van der Waals surface area contributed by atoms with E-state index < -0.39 is 0 Å². The highest BCUT2D eigenvalue weighted by Gasteiger charge is 2.08. The van der Waals surface area contributed by atoms with Crippen LogP contribution in [-0.4, -0.2) is 28.7 Å². The lowest BCUT2D eigenvalue weighted by atomic mass is 10.0. The molecule has 0 saturated heterocycles. The molecule has 0 aliphatic heterocycles. The van der Waals surface area contributed by atoms with E-state index in [0.717, 1.165) is 33.1 Å². The van der Waals surface area contributed by atoms with Crippen LogP contribution >= 0.6 is 11.6 Å². The Morgan fingerprint density at radius 2 is 1.76 bits per heavy atom. The average molecular weight is 297 g/mol. The highest BCUT2D eigenvalue weighted by atomic mass is 35.5. The maximum absolute atomic E-state index is 6.03. The van der Waals surface area contributed by atoms with Crippen LogP contribution in [0, 0.1) is 0 Å². The summed E-state index contributed by atoms with van der Waals surface area (Å²) in [7, 11) is 1.71. The van der Waals surface area contributed by atoms with E-state index >= 15 is 0 Å². The minimum absolute atomic E-state index is 0.730. The van der Waals surface area contributed by atoms with Gasteiger partial charge in [-0.2, -0.15) is 15.4 Å². The van der Waals surface area contributed by atoms with E-state index in [1.165, 1.54) is 0 Å². The lowest BCUT2D eigenvalue weighted by Crippen LogP contribution is -1.87. The number of aromatic amines is 1. The second-order valence-corrected chi connectivity index (χ2v) is 4.97. The summed E-state index contributed by atoms with van der Waals surface area (Å²) in [5.41, 5.74) is 4.70. The largest absolute Gasteiger partial charge is 0.294 e. The van der Waals surface area contributed by atoms with E-state index in [2.05, 4.69) is 20.4 Å². The Morgan fingerprint density at radius 3 is 2.48 bits per heavy atom. The van der Waals surface area contributed by atoms with Gasteiger partial charge in [-0.05, 0) is 23.3 Å². The van der Waals surface area contributed by atoms with Gasteiger partial charge in [-0.25, -0.2) is 0 Å². The number of aromatic nitrogens is 3. The van der Waals surface area contributed by atoms with Gasteiger partial charge in [0, 0.05) is 17.6 Å². The van der Waals surface area contributed by atoms with Crippen LogP contribution in [0.15, 0.2) is 53.5 Å². The summed E-state index contributed by atoms with van der Waals surface area (Å²) >= 11 is 6.03. The number of hydrogen-bond donors (Lipinski definition) is 1. The van der Waals surface area contributed by atoms with Crippen LogP contribution in [0.1, 0.15) is 5.69 Å². The Hall–Kier alpha value is -2.46. The smallest absolute Gasteiger partial charge is 0.131 e. The van der Waals surface area contributed by atoms with E-state index in [0.29, 0.717) is 0 Å². The van der Waals surface area contributed by atoms with Gasteiger partial charge in [0.1, 0.15) is 11.4 Å². The van der Waals surface area contributed by atoms with Gasteiger partial charge in [0.15, 0.2) is 0 Å². The van der Waals surface area contributed by atoms with Crippen molar-refractivity contribution in [2.45, 2.75) is 0 Å². The molecule has 1 heterocycles. The van der Waals surface area contributed by atoms with Crippen LogP contribution in [0.4, 0.5) is 0 Å². The third-order valence-corrected chi connectivity index (χ3v) is 3.38. The van der Waals surface area contributed by atoms with Crippen molar-refractivity contribution >= 4 is 17.8 Å². The highest BCUT2D eigenvalue weighted by molar-refractivity contribution is 6.30. The van der Waals surface area contributed by atoms with Crippen molar-refractivity contribution in [3.63, 3.8) is 0 Å². The Balaban J connectivity index is 1.96. The average Bonchev–Trinajstić information content (AvgIpc) is 2.96. The minimum atomic E-state index is 0.730. The van der Waals surface area contributed by atoms with Gasteiger partial charge in [0.25, 0.3) is 0 Å². The third-order valence-electron chi connectivity index (χ3n) is 3.14. The van der Waals surface area contributed by atoms with Gasteiger partial charge >= 0.3 is 0 Å². The molecular formula is C16H13ClN4. The molecule has 1 N–H and O–H groups in total. The topological polar surface area (TPSA) is 53.9 Å². The zero-order chi connectivity index (χ0) is 14.7. The molecule has 0 spiro atoms. The van der Waals surface area contributed by atoms with Crippen LogP contribution in [0.3, 0.4) is 0 Å². The van der Waals surface area contributed by atoms with E-state index in [1.807, 2.05) is 48.5 Å².